The summed E-state index contributed by atoms with van der Waals surface area (Å²) < 4.78 is 29.2. The number of carboxylic acid groups (broad SMARTS) is 1. The Bertz CT molecular complexity index is 971. The van der Waals surface area contributed by atoms with Crippen LogP contribution in [-0.4, -0.2) is 40.2 Å². The second kappa shape index (κ2) is 10.4. The molecule has 0 aliphatic heterocycles. The van der Waals surface area contributed by atoms with Crippen LogP contribution in [-0.2, 0) is 34.4 Å². The second-order valence-corrected chi connectivity index (χ2v) is 9.51. The Morgan fingerprint density at radius 2 is 1.90 bits per heavy atom. The van der Waals surface area contributed by atoms with Crippen LogP contribution >= 0.6 is 11.6 Å². The third-order valence-corrected chi connectivity index (χ3v) is 6.56. The van der Waals surface area contributed by atoms with Gasteiger partial charge in [-0.05, 0) is 30.0 Å². The molecule has 1 atom stereocenters. The van der Waals surface area contributed by atoms with E-state index in [0.29, 0.717) is 12.2 Å². The summed E-state index contributed by atoms with van der Waals surface area (Å²) in [5, 5.41) is 19.2. The first-order valence-corrected chi connectivity index (χ1v) is 11.7. The van der Waals surface area contributed by atoms with Crippen molar-refractivity contribution in [3.63, 3.8) is 0 Å². The van der Waals surface area contributed by atoms with Gasteiger partial charge in [-0.25, -0.2) is 13.4 Å². The number of nitrogens with one attached hydrogen (secondary N) is 1. The summed E-state index contributed by atoms with van der Waals surface area (Å²) in [7, 11) is -3.98. The quantitative estimate of drug-likeness (QED) is 0.477. The number of aryl methyl sites for hydroxylation is 1. The van der Waals surface area contributed by atoms with Crippen LogP contribution in [0.25, 0.3) is 0 Å². The number of rotatable bonds is 11. The molecule has 0 amide bonds. The number of nitrogens with zero attached hydrogens (tertiary/aromatic N) is 2. The summed E-state index contributed by atoms with van der Waals surface area (Å²) in [6.45, 7) is 5.47. The number of halogens is 1. The highest BCUT2D eigenvalue weighted by molar-refractivity contribution is 7.89. The minimum absolute atomic E-state index is 0.0181. The molecule has 0 fully saturated rings. The van der Waals surface area contributed by atoms with Gasteiger partial charge in [-0.15, -0.1) is 0 Å². The van der Waals surface area contributed by atoms with E-state index in [1.165, 1.54) is 12.1 Å². The molecule has 0 spiro atoms. The molecule has 0 unspecified atom stereocenters. The standard InChI is InChI=1S/C20H28ClN3O5S/c1-4-5-6-17-22-19(21)16(12-25)24(17)11-14-7-9-15(10-8-14)30(28,29)23-18(13(2)3)20(26)27/h7-10,13,18,23,25H,4-6,11-12H2,1-3H3,(H,26,27)/t18-/m1/s1. The van der Waals surface area contributed by atoms with Crippen LogP contribution in [0.5, 0.6) is 0 Å². The Kier molecular flexibility index (Phi) is 8.42. The van der Waals surface area contributed by atoms with E-state index in [1.54, 1.807) is 26.0 Å². The predicted octanol–water partition coefficient (Wildman–Crippen LogP) is 2.81. The molecule has 1 aromatic heterocycles. The van der Waals surface area contributed by atoms with Crippen molar-refractivity contribution >= 4 is 27.6 Å². The van der Waals surface area contributed by atoms with Gasteiger partial charge in [0.1, 0.15) is 11.9 Å². The molecule has 166 valence electrons. The summed E-state index contributed by atoms with van der Waals surface area (Å²) in [6.07, 6.45) is 2.65. The lowest BCUT2D eigenvalue weighted by molar-refractivity contribution is -0.140. The number of carbonyl (C=O) groups is 1. The zero-order valence-corrected chi connectivity index (χ0v) is 18.9. The molecule has 0 bridgehead atoms. The Morgan fingerprint density at radius 3 is 2.40 bits per heavy atom. The Labute approximate surface area is 182 Å². The van der Waals surface area contributed by atoms with Crippen molar-refractivity contribution in [3.8, 4) is 0 Å². The van der Waals surface area contributed by atoms with Crippen LogP contribution in [0.1, 0.15) is 50.7 Å². The van der Waals surface area contributed by atoms with Crippen molar-refractivity contribution in [2.75, 3.05) is 0 Å². The van der Waals surface area contributed by atoms with Gasteiger partial charge in [-0.1, -0.05) is 50.9 Å². The zero-order chi connectivity index (χ0) is 22.5. The number of aliphatic hydroxyl groups is 1. The number of imidazole rings is 1. The van der Waals surface area contributed by atoms with Gasteiger partial charge >= 0.3 is 5.97 Å². The number of carboxylic acids is 1. The minimum Gasteiger partial charge on any atom is -0.480 e. The summed E-state index contributed by atoms with van der Waals surface area (Å²) in [5.74, 6) is -0.857. The first kappa shape index (κ1) is 24.3. The van der Waals surface area contributed by atoms with Crippen molar-refractivity contribution in [1.82, 2.24) is 14.3 Å². The van der Waals surface area contributed by atoms with Crippen molar-refractivity contribution in [2.45, 2.75) is 64.1 Å². The molecular formula is C20H28ClN3O5S. The van der Waals surface area contributed by atoms with Gasteiger partial charge < -0.3 is 14.8 Å². The van der Waals surface area contributed by atoms with Crippen LogP contribution < -0.4 is 4.72 Å². The summed E-state index contributed by atoms with van der Waals surface area (Å²) in [5.41, 5.74) is 1.32. The number of benzene rings is 1. The minimum atomic E-state index is -3.98. The summed E-state index contributed by atoms with van der Waals surface area (Å²) in [4.78, 5) is 15.6. The van der Waals surface area contributed by atoms with Crippen molar-refractivity contribution in [1.29, 1.82) is 0 Å². The smallest absolute Gasteiger partial charge is 0.322 e. The number of unbranched alkanes of at least 4 members (excludes halogenated alkanes) is 1. The van der Waals surface area contributed by atoms with E-state index in [0.717, 1.165) is 30.7 Å². The van der Waals surface area contributed by atoms with Crippen LogP contribution in [0.4, 0.5) is 0 Å². The number of hydrogen-bond donors (Lipinski definition) is 3. The lowest BCUT2D eigenvalue weighted by atomic mass is 10.1. The van der Waals surface area contributed by atoms with Crippen LogP contribution in [0.3, 0.4) is 0 Å². The molecule has 1 heterocycles. The number of sulfonamides is 1. The predicted molar refractivity (Wildman–Crippen MR) is 114 cm³/mol. The maximum atomic E-state index is 12.6. The van der Waals surface area contributed by atoms with Gasteiger partial charge in [0.15, 0.2) is 5.15 Å². The number of hydrogen-bond acceptors (Lipinski definition) is 5. The monoisotopic (exact) mass is 457 g/mol. The number of aliphatic hydroxyl groups excluding tert-OH is 1. The SMILES string of the molecule is CCCCc1nc(Cl)c(CO)n1Cc1ccc(S(=O)(=O)N[C@@H](C(=O)O)C(C)C)cc1. The lowest BCUT2D eigenvalue weighted by Crippen LogP contribution is -2.44. The fraction of sp³-hybridized carbons (Fsp3) is 0.500. The van der Waals surface area contributed by atoms with Crippen molar-refractivity contribution < 1.29 is 23.4 Å². The van der Waals surface area contributed by atoms with Gasteiger partial charge in [-0.3, -0.25) is 4.79 Å². The number of aliphatic carboxylic acids is 1. The fourth-order valence-corrected chi connectivity index (χ4v) is 4.63. The molecule has 3 N–H and O–H groups in total. The van der Waals surface area contributed by atoms with Gasteiger partial charge in [-0.2, -0.15) is 4.72 Å². The molecule has 0 saturated carbocycles. The molecule has 0 aliphatic carbocycles. The van der Waals surface area contributed by atoms with Gasteiger partial charge in [0.2, 0.25) is 10.0 Å². The van der Waals surface area contributed by atoms with E-state index in [9.17, 15) is 23.4 Å². The molecule has 8 nitrogen and oxygen atoms in total. The Hall–Kier alpha value is -1.94. The van der Waals surface area contributed by atoms with Crippen LogP contribution in [0.15, 0.2) is 29.2 Å². The van der Waals surface area contributed by atoms with Crippen molar-refractivity contribution in [3.05, 3.63) is 46.5 Å². The first-order valence-electron chi connectivity index (χ1n) is 9.79. The van der Waals surface area contributed by atoms with Crippen LogP contribution in [0, 0.1) is 5.92 Å². The second-order valence-electron chi connectivity index (χ2n) is 7.44. The van der Waals surface area contributed by atoms with Gasteiger partial charge in [0.05, 0.1) is 17.2 Å². The highest BCUT2D eigenvalue weighted by atomic mass is 35.5. The average molecular weight is 458 g/mol. The van der Waals surface area contributed by atoms with E-state index < -0.39 is 28.0 Å². The van der Waals surface area contributed by atoms with E-state index in [1.807, 2.05) is 4.57 Å². The van der Waals surface area contributed by atoms with Crippen LogP contribution in [0.2, 0.25) is 5.15 Å². The normalized spacial score (nSPS) is 13.0. The van der Waals surface area contributed by atoms with Gasteiger partial charge in [0.25, 0.3) is 0 Å². The lowest BCUT2D eigenvalue weighted by Gasteiger charge is -2.18. The Morgan fingerprint density at radius 1 is 1.27 bits per heavy atom. The summed E-state index contributed by atoms with van der Waals surface area (Å²) >= 11 is 6.15. The maximum absolute atomic E-state index is 12.6. The largest absolute Gasteiger partial charge is 0.480 e. The summed E-state index contributed by atoms with van der Waals surface area (Å²) in [6, 6.07) is 4.95. The third-order valence-electron chi connectivity index (χ3n) is 4.80. The highest BCUT2D eigenvalue weighted by Gasteiger charge is 2.28. The number of aromatic nitrogens is 2. The maximum Gasteiger partial charge on any atom is 0.322 e. The molecule has 0 aliphatic rings. The van der Waals surface area contributed by atoms with Crippen molar-refractivity contribution in [2.24, 2.45) is 5.92 Å². The van der Waals surface area contributed by atoms with E-state index in [2.05, 4.69) is 16.6 Å². The van der Waals surface area contributed by atoms with E-state index in [-0.39, 0.29) is 16.7 Å². The molecular weight excluding hydrogens is 430 g/mol. The molecule has 1 aromatic carbocycles. The topological polar surface area (TPSA) is 122 Å². The molecule has 2 rings (SSSR count). The van der Waals surface area contributed by atoms with Gasteiger partial charge in [0, 0.05) is 13.0 Å². The highest BCUT2D eigenvalue weighted by Crippen LogP contribution is 2.21. The van der Waals surface area contributed by atoms with E-state index in [4.69, 9.17) is 11.6 Å². The molecule has 10 heteroatoms. The average Bonchev–Trinajstić information content (AvgIpc) is 2.98. The molecule has 0 saturated heterocycles. The van der Waals surface area contributed by atoms with E-state index >= 15 is 0 Å². The zero-order valence-electron chi connectivity index (χ0n) is 17.3. The third kappa shape index (κ3) is 5.81. The molecule has 30 heavy (non-hydrogen) atoms. The molecule has 0 radical (unpaired) electrons. The first-order chi connectivity index (χ1) is 14.1. The Balaban J connectivity index is 2.25. The molecule has 2 aromatic rings. The fourth-order valence-electron chi connectivity index (χ4n) is 3.03.